The first-order chi connectivity index (χ1) is 17.4. The van der Waals surface area contributed by atoms with Crippen LogP contribution in [-0.4, -0.2) is 56.1 Å². The maximum absolute atomic E-state index is 13.0. The number of benzene rings is 2. The van der Waals surface area contributed by atoms with E-state index in [0.29, 0.717) is 34.8 Å². The van der Waals surface area contributed by atoms with E-state index in [-0.39, 0.29) is 25.3 Å². The summed E-state index contributed by atoms with van der Waals surface area (Å²) in [6.07, 6.45) is 2.73. The normalized spacial score (nSPS) is 15.4. The van der Waals surface area contributed by atoms with Gasteiger partial charge in [-0.15, -0.1) is 11.8 Å². The molecule has 0 saturated carbocycles. The number of ether oxygens (including phenoxy) is 2. The summed E-state index contributed by atoms with van der Waals surface area (Å²) in [5.41, 5.74) is 2.86. The Morgan fingerprint density at radius 3 is 2.19 bits per heavy atom. The van der Waals surface area contributed by atoms with Gasteiger partial charge in [-0.1, -0.05) is 19.1 Å². The van der Waals surface area contributed by atoms with Crippen LogP contribution in [0.25, 0.3) is 0 Å². The number of hydrogen-bond donors (Lipinski definition) is 3. The number of amides is 4. The van der Waals surface area contributed by atoms with Crippen LogP contribution in [0.4, 0.5) is 21.0 Å². The first-order valence-electron chi connectivity index (χ1n) is 11.6. The molecule has 0 radical (unpaired) electrons. The van der Waals surface area contributed by atoms with Crippen LogP contribution in [-0.2, 0) is 14.3 Å². The number of nitrogens with zero attached hydrogens (tertiary/aromatic N) is 1. The number of rotatable bonds is 10. The van der Waals surface area contributed by atoms with Crippen LogP contribution in [0.3, 0.4) is 0 Å². The van der Waals surface area contributed by atoms with Gasteiger partial charge < -0.3 is 25.4 Å². The molecule has 192 valence electrons. The third kappa shape index (κ3) is 6.79. The molecule has 1 aliphatic rings. The molecule has 10 heteroatoms. The van der Waals surface area contributed by atoms with Crippen LogP contribution in [0.2, 0.25) is 0 Å². The van der Waals surface area contributed by atoms with E-state index in [4.69, 9.17) is 9.47 Å². The second kappa shape index (κ2) is 13.0. The Hall–Kier alpha value is -3.50. The van der Waals surface area contributed by atoms with E-state index in [1.54, 1.807) is 47.9 Å². The summed E-state index contributed by atoms with van der Waals surface area (Å²) < 4.78 is 10.4. The summed E-state index contributed by atoms with van der Waals surface area (Å²) in [7, 11) is 1.53. The highest BCUT2D eigenvalue weighted by molar-refractivity contribution is 7.98. The fourth-order valence-electron chi connectivity index (χ4n) is 3.81. The third-order valence-electron chi connectivity index (χ3n) is 5.63. The zero-order chi connectivity index (χ0) is 26.1. The lowest BCUT2D eigenvalue weighted by Crippen LogP contribution is -2.48. The van der Waals surface area contributed by atoms with E-state index >= 15 is 0 Å². The number of methoxy groups -OCH3 is 1. The summed E-state index contributed by atoms with van der Waals surface area (Å²) >= 11 is 1.63. The van der Waals surface area contributed by atoms with Gasteiger partial charge in [0.2, 0.25) is 0 Å². The Bertz CT molecular complexity index is 1100. The zero-order valence-electron chi connectivity index (χ0n) is 20.9. The number of carbonyl (C=O) groups is 3. The lowest BCUT2D eigenvalue weighted by atomic mass is 9.94. The average Bonchev–Trinajstić information content (AvgIpc) is 2.87. The largest absolute Gasteiger partial charge is 0.460 e. The molecule has 2 aromatic rings. The smallest absolute Gasteiger partial charge is 0.338 e. The van der Waals surface area contributed by atoms with Crippen molar-refractivity contribution in [2.24, 2.45) is 0 Å². The number of hydrogen-bond acceptors (Lipinski definition) is 6. The fourth-order valence-corrected chi connectivity index (χ4v) is 4.22. The van der Waals surface area contributed by atoms with Crippen molar-refractivity contribution < 1.29 is 23.9 Å². The molecule has 4 amide bonds. The Balaban J connectivity index is 1.76. The Morgan fingerprint density at radius 2 is 1.64 bits per heavy atom. The Kier molecular flexibility index (Phi) is 9.77. The van der Waals surface area contributed by atoms with Gasteiger partial charge in [-0.25, -0.2) is 14.4 Å². The second-order valence-corrected chi connectivity index (χ2v) is 8.97. The molecular formula is C26H32N4O5S. The molecule has 0 spiro atoms. The molecular weight excluding hydrogens is 480 g/mol. The van der Waals surface area contributed by atoms with Gasteiger partial charge in [0.1, 0.15) is 6.61 Å². The van der Waals surface area contributed by atoms with Crippen molar-refractivity contribution in [3.63, 3.8) is 0 Å². The van der Waals surface area contributed by atoms with Crippen molar-refractivity contribution in [2.45, 2.75) is 31.2 Å². The topological polar surface area (TPSA) is 109 Å². The van der Waals surface area contributed by atoms with Crippen molar-refractivity contribution in [2.75, 3.05) is 43.8 Å². The van der Waals surface area contributed by atoms with Gasteiger partial charge in [0, 0.05) is 35.6 Å². The second-order valence-electron chi connectivity index (χ2n) is 8.09. The van der Waals surface area contributed by atoms with Crippen molar-refractivity contribution in [1.82, 2.24) is 10.2 Å². The molecule has 3 rings (SSSR count). The van der Waals surface area contributed by atoms with Crippen molar-refractivity contribution in [1.29, 1.82) is 0 Å². The van der Waals surface area contributed by atoms with Crippen LogP contribution >= 0.6 is 11.8 Å². The average molecular weight is 513 g/mol. The number of carbonyl (C=O) groups excluding carboxylic acids is 3. The summed E-state index contributed by atoms with van der Waals surface area (Å²) in [6.45, 7) is 4.58. The molecule has 0 aliphatic carbocycles. The summed E-state index contributed by atoms with van der Waals surface area (Å²) in [5, 5.41) is 8.50. The summed E-state index contributed by atoms with van der Waals surface area (Å²) in [6, 6.07) is 13.2. The van der Waals surface area contributed by atoms with Crippen molar-refractivity contribution in [3.8, 4) is 0 Å². The first kappa shape index (κ1) is 27.1. The van der Waals surface area contributed by atoms with E-state index in [9.17, 15) is 14.4 Å². The molecule has 0 aromatic heterocycles. The monoisotopic (exact) mass is 512 g/mol. The quantitative estimate of drug-likeness (QED) is 0.235. The highest BCUT2D eigenvalue weighted by atomic mass is 32.2. The van der Waals surface area contributed by atoms with Gasteiger partial charge in [0.25, 0.3) is 0 Å². The molecule has 0 bridgehead atoms. The number of allylic oxidation sites excluding steroid dienone is 1. The third-order valence-corrected chi connectivity index (χ3v) is 6.38. The number of urea groups is 2. The molecule has 1 atom stereocenters. The van der Waals surface area contributed by atoms with Gasteiger partial charge >= 0.3 is 18.0 Å². The number of thioether (sulfide) groups is 1. The number of anilines is 2. The van der Waals surface area contributed by atoms with Crippen molar-refractivity contribution >= 4 is 41.2 Å². The molecule has 2 aromatic carbocycles. The molecule has 3 N–H and O–H groups in total. The standard InChI is InChI=1S/C26H32N4O5S/c1-5-14-30-17(2)22(24(31)35-16-15-34-3)23(29-26(30)33)18-6-8-19(9-7-18)27-25(32)28-20-10-12-21(36-4)13-11-20/h6-13,23H,5,14-16H2,1-4H3,(H,29,33)(H2,27,28,32). The maximum Gasteiger partial charge on any atom is 0.338 e. The van der Waals surface area contributed by atoms with Crippen molar-refractivity contribution in [3.05, 3.63) is 65.4 Å². The molecule has 9 nitrogen and oxygen atoms in total. The lowest BCUT2D eigenvalue weighted by Gasteiger charge is -2.35. The molecule has 36 heavy (non-hydrogen) atoms. The van der Waals surface area contributed by atoms with E-state index in [0.717, 1.165) is 11.3 Å². The highest BCUT2D eigenvalue weighted by Gasteiger charge is 2.36. The SMILES string of the molecule is CCCN1C(=O)NC(c2ccc(NC(=O)Nc3ccc(SC)cc3)cc2)C(C(=O)OCCOC)=C1C. The number of nitrogens with one attached hydrogen (secondary N) is 3. The van der Waals surface area contributed by atoms with Gasteiger partial charge in [-0.2, -0.15) is 0 Å². The zero-order valence-corrected chi connectivity index (χ0v) is 21.7. The molecule has 1 heterocycles. The summed E-state index contributed by atoms with van der Waals surface area (Å²) in [4.78, 5) is 40.8. The minimum Gasteiger partial charge on any atom is -0.460 e. The molecule has 0 fully saturated rings. The minimum absolute atomic E-state index is 0.110. The Morgan fingerprint density at radius 1 is 1.03 bits per heavy atom. The van der Waals surface area contributed by atoms with Gasteiger partial charge in [0.15, 0.2) is 0 Å². The van der Waals surface area contributed by atoms with Crippen LogP contribution in [0.1, 0.15) is 31.9 Å². The van der Waals surface area contributed by atoms with Crippen LogP contribution < -0.4 is 16.0 Å². The molecule has 0 saturated heterocycles. The highest BCUT2D eigenvalue weighted by Crippen LogP contribution is 2.32. The minimum atomic E-state index is -0.682. The maximum atomic E-state index is 13.0. The predicted molar refractivity (Wildman–Crippen MR) is 141 cm³/mol. The first-order valence-corrected chi connectivity index (χ1v) is 12.9. The van der Waals surface area contributed by atoms with Gasteiger partial charge in [-0.3, -0.25) is 4.90 Å². The van der Waals surface area contributed by atoms with Gasteiger partial charge in [-0.05, 0) is 61.6 Å². The lowest BCUT2D eigenvalue weighted by molar-refractivity contribution is -0.140. The van der Waals surface area contributed by atoms with E-state index in [2.05, 4.69) is 16.0 Å². The molecule has 1 unspecified atom stereocenters. The van der Waals surface area contributed by atoms with E-state index in [1.807, 2.05) is 37.4 Å². The number of esters is 1. The predicted octanol–water partition coefficient (Wildman–Crippen LogP) is 4.99. The van der Waals surface area contributed by atoms with E-state index < -0.39 is 12.0 Å². The molecule has 1 aliphatic heterocycles. The Labute approximate surface area is 215 Å². The van der Waals surface area contributed by atoms with Crippen LogP contribution in [0.15, 0.2) is 64.7 Å². The fraction of sp³-hybridized carbons (Fsp3) is 0.346. The van der Waals surface area contributed by atoms with Crippen LogP contribution in [0, 0.1) is 0 Å². The van der Waals surface area contributed by atoms with Crippen LogP contribution in [0.5, 0.6) is 0 Å². The van der Waals surface area contributed by atoms with E-state index in [1.165, 1.54) is 7.11 Å². The van der Waals surface area contributed by atoms with Gasteiger partial charge in [0.05, 0.1) is 18.2 Å². The summed E-state index contributed by atoms with van der Waals surface area (Å²) in [5.74, 6) is -0.510.